The van der Waals surface area contributed by atoms with E-state index in [0.29, 0.717) is 29.4 Å². The molecular weight excluding hydrogens is 452 g/mol. The molecule has 2 aromatic carbocycles. The predicted octanol–water partition coefficient (Wildman–Crippen LogP) is 4.67. The van der Waals surface area contributed by atoms with E-state index in [1.54, 1.807) is 25.1 Å². The quantitative estimate of drug-likeness (QED) is 0.575. The first-order chi connectivity index (χ1) is 16.3. The maximum absolute atomic E-state index is 13.4. The van der Waals surface area contributed by atoms with Crippen molar-refractivity contribution in [2.24, 2.45) is 0 Å². The van der Waals surface area contributed by atoms with E-state index in [2.05, 4.69) is 15.5 Å². The third-order valence-corrected chi connectivity index (χ3v) is 6.42. The number of benzene rings is 2. The highest BCUT2D eigenvalue weighted by atomic mass is 35.5. The summed E-state index contributed by atoms with van der Waals surface area (Å²) < 4.78 is 2.05. The third kappa shape index (κ3) is 4.77. The second kappa shape index (κ2) is 9.85. The van der Waals surface area contributed by atoms with Crippen LogP contribution in [0.4, 0.5) is 10.5 Å². The molecule has 8 nitrogen and oxygen atoms in total. The molecule has 3 amide bonds. The fraction of sp³-hybridized carbons (Fsp3) is 0.360. The van der Waals surface area contributed by atoms with E-state index in [-0.39, 0.29) is 18.0 Å². The van der Waals surface area contributed by atoms with Crippen molar-refractivity contribution in [2.75, 3.05) is 26.0 Å². The van der Waals surface area contributed by atoms with E-state index in [9.17, 15) is 9.59 Å². The molecule has 1 aromatic heterocycles. The van der Waals surface area contributed by atoms with Gasteiger partial charge in [-0.25, -0.2) is 4.79 Å². The molecule has 0 aliphatic carbocycles. The fourth-order valence-corrected chi connectivity index (χ4v) is 4.45. The van der Waals surface area contributed by atoms with Gasteiger partial charge in [-0.3, -0.25) is 4.79 Å². The molecule has 1 atom stereocenters. The SMILES string of the molecule is Cc1cccc(C(=O)N(C)C)c1NC(=O)N1CCC[C@@H]1c1nnc(C)n1Cc1ccc(Cl)cc1. The topological polar surface area (TPSA) is 83.4 Å². The van der Waals surface area contributed by atoms with E-state index < -0.39 is 0 Å². The molecule has 3 aromatic rings. The van der Waals surface area contributed by atoms with Crippen molar-refractivity contribution in [1.29, 1.82) is 0 Å². The van der Waals surface area contributed by atoms with Crippen molar-refractivity contribution >= 4 is 29.2 Å². The van der Waals surface area contributed by atoms with E-state index in [4.69, 9.17) is 11.6 Å². The standard InChI is InChI=1S/C25H29ClN6O2/c1-16-7-5-8-20(24(33)30(3)4)22(16)27-25(34)31-14-6-9-21(31)23-29-28-17(2)32(23)15-18-10-12-19(26)13-11-18/h5,7-8,10-13,21H,6,9,14-15H2,1-4H3,(H,27,34)/t21-/m1/s1. The Morgan fingerprint density at radius 1 is 1.12 bits per heavy atom. The van der Waals surface area contributed by atoms with Crippen LogP contribution in [0.25, 0.3) is 0 Å². The first-order valence-electron chi connectivity index (χ1n) is 11.3. The first-order valence-corrected chi connectivity index (χ1v) is 11.7. The molecule has 1 N–H and O–H groups in total. The summed E-state index contributed by atoms with van der Waals surface area (Å²) in [6.45, 7) is 5.00. The highest BCUT2D eigenvalue weighted by Gasteiger charge is 2.34. The van der Waals surface area contributed by atoms with Gasteiger partial charge in [0.1, 0.15) is 5.82 Å². The minimum atomic E-state index is -0.247. The summed E-state index contributed by atoms with van der Waals surface area (Å²) >= 11 is 6.03. The Bertz CT molecular complexity index is 1200. The van der Waals surface area contributed by atoms with Crippen LogP contribution in [0.3, 0.4) is 0 Å². The van der Waals surface area contributed by atoms with Crippen LogP contribution in [-0.4, -0.2) is 57.1 Å². The molecule has 9 heteroatoms. The number of halogens is 1. The molecule has 4 rings (SSSR count). The molecule has 2 heterocycles. The minimum absolute atomic E-state index is 0.157. The molecule has 1 aliphatic rings. The summed E-state index contributed by atoms with van der Waals surface area (Å²) in [5, 5.41) is 12.4. The Kier molecular flexibility index (Phi) is 6.88. The van der Waals surface area contributed by atoms with Gasteiger partial charge >= 0.3 is 6.03 Å². The number of para-hydroxylation sites is 1. The average Bonchev–Trinajstić information content (AvgIpc) is 3.43. The molecule has 34 heavy (non-hydrogen) atoms. The lowest BCUT2D eigenvalue weighted by Crippen LogP contribution is -2.36. The molecule has 178 valence electrons. The zero-order chi connectivity index (χ0) is 24.4. The van der Waals surface area contributed by atoms with E-state index >= 15 is 0 Å². The third-order valence-electron chi connectivity index (χ3n) is 6.17. The number of carbonyl (C=O) groups excluding carboxylic acids is 2. The number of anilines is 1. The van der Waals surface area contributed by atoms with Crippen LogP contribution in [0.2, 0.25) is 5.02 Å². The highest BCUT2D eigenvalue weighted by molar-refractivity contribution is 6.30. The van der Waals surface area contributed by atoms with Crippen LogP contribution in [0, 0.1) is 13.8 Å². The molecule has 0 radical (unpaired) electrons. The maximum atomic E-state index is 13.4. The normalized spacial score (nSPS) is 15.4. The fourth-order valence-electron chi connectivity index (χ4n) is 4.32. The zero-order valence-corrected chi connectivity index (χ0v) is 20.6. The average molecular weight is 481 g/mol. The predicted molar refractivity (Wildman–Crippen MR) is 132 cm³/mol. The number of hydrogen-bond acceptors (Lipinski definition) is 4. The van der Waals surface area contributed by atoms with Crippen LogP contribution >= 0.6 is 11.6 Å². The summed E-state index contributed by atoms with van der Waals surface area (Å²) in [7, 11) is 3.39. The Labute approximate surface area is 204 Å². The van der Waals surface area contributed by atoms with Gasteiger partial charge in [-0.2, -0.15) is 0 Å². The van der Waals surface area contributed by atoms with Gasteiger partial charge < -0.3 is 19.7 Å². The number of aryl methyl sites for hydroxylation is 2. The molecule has 1 fully saturated rings. The van der Waals surface area contributed by atoms with Crippen LogP contribution < -0.4 is 5.32 Å². The molecular formula is C25H29ClN6O2. The summed E-state index contributed by atoms with van der Waals surface area (Å²) in [5.74, 6) is 1.39. The molecule has 0 spiro atoms. The van der Waals surface area contributed by atoms with Crippen molar-refractivity contribution in [1.82, 2.24) is 24.6 Å². The van der Waals surface area contributed by atoms with Crippen molar-refractivity contribution < 1.29 is 9.59 Å². The lowest BCUT2D eigenvalue weighted by molar-refractivity contribution is 0.0828. The van der Waals surface area contributed by atoms with Crippen molar-refractivity contribution in [3.8, 4) is 0 Å². The Morgan fingerprint density at radius 3 is 2.56 bits per heavy atom. The number of hydrogen-bond donors (Lipinski definition) is 1. The maximum Gasteiger partial charge on any atom is 0.322 e. The van der Waals surface area contributed by atoms with Gasteiger partial charge in [-0.05, 0) is 56.0 Å². The largest absolute Gasteiger partial charge is 0.345 e. The van der Waals surface area contributed by atoms with Crippen LogP contribution in [0.5, 0.6) is 0 Å². The number of rotatable bonds is 5. The molecule has 0 bridgehead atoms. The Balaban J connectivity index is 1.59. The van der Waals surface area contributed by atoms with E-state index in [0.717, 1.165) is 35.6 Å². The van der Waals surface area contributed by atoms with Gasteiger partial charge in [0, 0.05) is 25.7 Å². The molecule has 1 aliphatic heterocycles. The second-order valence-electron chi connectivity index (χ2n) is 8.80. The minimum Gasteiger partial charge on any atom is -0.345 e. The summed E-state index contributed by atoms with van der Waals surface area (Å²) in [4.78, 5) is 29.4. The lowest BCUT2D eigenvalue weighted by Gasteiger charge is -2.26. The summed E-state index contributed by atoms with van der Waals surface area (Å²) in [6, 6.07) is 12.7. The second-order valence-corrected chi connectivity index (χ2v) is 9.23. The molecule has 1 saturated heterocycles. The van der Waals surface area contributed by atoms with Gasteiger partial charge in [-0.1, -0.05) is 35.9 Å². The number of urea groups is 1. The van der Waals surface area contributed by atoms with Crippen molar-refractivity contribution in [3.05, 3.63) is 75.8 Å². The van der Waals surface area contributed by atoms with Crippen molar-refractivity contribution in [3.63, 3.8) is 0 Å². The Hall–Kier alpha value is -3.39. The van der Waals surface area contributed by atoms with Crippen LogP contribution in [-0.2, 0) is 6.54 Å². The van der Waals surface area contributed by atoms with Gasteiger partial charge in [0.15, 0.2) is 5.82 Å². The van der Waals surface area contributed by atoms with Crippen LogP contribution in [0.1, 0.15) is 52.0 Å². The zero-order valence-electron chi connectivity index (χ0n) is 19.9. The molecule has 0 unspecified atom stereocenters. The smallest absolute Gasteiger partial charge is 0.322 e. The number of aromatic nitrogens is 3. The van der Waals surface area contributed by atoms with Gasteiger partial charge in [0.05, 0.1) is 23.8 Å². The Morgan fingerprint density at radius 2 is 1.85 bits per heavy atom. The van der Waals surface area contributed by atoms with Gasteiger partial charge in [0.2, 0.25) is 0 Å². The summed E-state index contributed by atoms with van der Waals surface area (Å²) in [5.41, 5.74) is 2.92. The monoisotopic (exact) mass is 480 g/mol. The van der Waals surface area contributed by atoms with Crippen molar-refractivity contribution in [2.45, 2.75) is 39.3 Å². The summed E-state index contributed by atoms with van der Waals surface area (Å²) in [6.07, 6.45) is 1.66. The molecule has 0 saturated carbocycles. The number of likely N-dealkylation sites (tertiary alicyclic amines) is 1. The first kappa shape index (κ1) is 23.8. The number of carbonyl (C=O) groups is 2. The van der Waals surface area contributed by atoms with E-state index in [1.807, 2.05) is 54.8 Å². The van der Waals surface area contributed by atoms with Gasteiger partial charge in [-0.15, -0.1) is 10.2 Å². The number of nitrogens with zero attached hydrogens (tertiary/aromatic N) is 5. The number of amides is 3. The lowest BCUT2D eigenvalue weighted by atomic mass is 10.1. The highest BCUT2D eigenvalue weighted by Crippen LogP contribution is 2.33. The number of nitrogens with one attached hydrogen (secondary N) is 1. The van der Waals surface area contributed by atoms with E-state index in [1.165, 1.54) is 4.90 Å². The van der Waals surface area contributed by atoms with Crippen LogP contribution in [0.15, 0.2) is 42.5 Å². The van der Waals surface area contributed by atoms with Gasteiger partial charge in [0.25, 0.3) is 5.91 Å².